The fourth-order valence-electron chi connectivity index (χ4n) is 1.18. The monoisotopic (exact) mass is 239 g/mol. The first kappa shape index (κ1) is 12.7. The zero-order valence-electron chi connectivity index (χ0n) is 9.58. The quantitative estimate of drug-likeness (QED) is 0.809. The molecule has 0 bridgehead atoms. The Bertz CT molecular complexity index is 412. The van der Waals surface area contributed by atoms with E-state index in [1.807, 2.05) is 19.9 Å². The van der Waals surface area contributed by atoms with Gasteiger partial charge in [-0.3, -0.25) is 0 Å². The molecule has 0 radical (unpaired) electrons. The van der Waals surface area contributed by atoms with Crippen molar-refractivity contribution in [2.45, 2.75) is 26.4 Å². The maximum absolute atomic E-state index is 8.80. The molecule has 1 rings (SSSR count). The molecule has 86 valence electrons. The molecule has 1 atom stereocenters. The highest BCUT2D eigenvalue weighted by Gasteiger charge is 2.14. The summed E-state index contributed by atoms with van der Waals surface area (Å²) in [5.74, 6) is 0.988. The molecule has 1 unspecified atom stereocenters. The van der Waals surface area contributed by atoms with E-state index in [1.165, 1.54) is 7.11 Å². The van der Waals surface area contributed by atoms with Crippen LogP contribution in [0.25, 0.3) is 0 Å². The molecule has 0 saturated heterocycles. The minimum atomic E-state index is 0.0549. The summed E-state index contributed by atoms with van der Waals surface area (Å²) in [5, 5.41) is 9.20. The van der Waals surface area contributed by atoms with Gasteiger partial charge in [0.2, 0.25) is 0 Å². The van der Waals surface area contributed by atoms with E-state index in [0.29, 0.717) is 22.1 Å². The van der Waals surface area contributed by atoms with Gasteiger partial charge in [0.15, 0.2) is 11.5 Å². The molecule has 3 nitrogen and oxygen atoms in total. The third kappa shape index (κ3) is 2.80. The van der Waals surface area contributed by atoms with Crippen LogP contribution in [0.2, 0.25) is 5.02 Å². The molecule has 0 fully saturated rings. The highest BCUT2D eigenvalue weighted by atomic mass is 35.5. The molecule has 0 heterocycles. The van der Waals surface area contributed by atoms with Gasteiger partial charge in [0.25, 0.3) is 0 Å². The summed E-state index contributed by atoms with van der Waals surface area (Å²) in [6.07, 6.45) is 0.929. The van der Waals surface area contributed by atoms with E-state index >= 15 is 0 Å². The number of hydrogen-bond acceptors (Lipinski definition) is 3. The summed E-state index contributed by atoms with van der Waals surface area (Å²) in [6, 6.07) is 5.20. The lowest BCUT2D eigenvalue weighted by Crippen LogP contribution is -2.11. The molecular formula is C12H14ClNO2. The normalized spacial score (nSPS) is 11.7. The number of methoxy groups -OCH3 is 1. The van der Waals surface area contributed by atoms with Crippen LogP contribution in [-0.2, 0) is 0 Å². The molecule has 0 aliphatic carbocycles. The van der Waals surface area contributed by atoms with Gasteiger partial charge in [-0.15, -0.1) is 0 Å². The maximum atomic E-state index is 8.80. The summed E-state index contributed by atoms with van der Waals surface area (Å²) in [5.41, 5.74) is 0.457. The molecule has 0 aromatic heterocycles. The highest BCUT2D eigenvalue weighted by Crippen LogP contribution is 2.37. The van der Waals surface area contributed by atoms with E-state index in [0.717, 1.165) is 6.42 Å². The predicted octanol–water partition coefficient (Wildman–Crippen LogP) is 3.40. The van der Waals surface area contributed by atoms with Crippen LogP contribution in [0.4, 0.5) is 0 Å². The topological polar surface area (TPSA) is 42.2 Å². The van der Waals surface area contributed by atoms with Crippen molar-refractivity contribution in [1.82, 2.24) is 0 Å². The van der Waals surface area contributed by atoms with Gasteiger partial charge in [-0.05, 0) is 19.4 Å². The van der Waals surface area contributed by atoms with Crippen molar-refractivity contribution in [3.8, 4) is 17.6 Å². The van der Waals surface area contributed by atoms with Gasteiger partial charge in [0, 0.05) is 6.07 Å². The van der Waals surface area contributed by atoms with Crippen molar-refractivity contribution in [3.63, 3.8) is 0 Å². The molecule has 4 heteroatoms. The van der Waals surface area contributed by atoms with Gasteiger partial charge in [0.05, 0.1) is 29.9 Å². The van der Waals surface area contributed by atoms with Crippen LogP contribution in [0.15, 0.2) is 12.1 Å². The van der Waals surface area contributed by atoms with Crippen LogP contribution in [0.5, 0.6) is 11.5 Å². The number of halogens is 1. The minimum Gasteiger partial charge on any atom is -0.493 e. The number of hydrogen-bond donors (Lipinski definition) is 0. The summed E-state index contributed by atoms with van der Waals surface area (Å²) in [4.78, 5) is 0. The highest BCUT2D eigenvalue weighted by molar-refractivity contribution is 6.32. The van der Waals surface area contributed by atoms with E-state index in [1.54, 1.807) is 12.1 Å². The van der Waals surface area contributed by atoms with E-state index in [9.17, 15) is 0 Å². The molecular weight excluding hydrogens is 226 g/mol. The van der Waals surface area contributed by atoms with Gasteiger partial charge in [-0.25, -0.2) is 0 Å². The van der Waals surface area contributed by atoms with Crippen molar-refractivity contribution in [3.05, 3.63) is 22.7 Å². The standard InChI is InChI=1S/C12H14ClNO2/c1-4-8(2)16-12-10(13)5-9(7-14)6-11(12)15-3/h5-6,8H,4H2,1-3H3. The Morgan fingerprint density at radius 2 is 2.19 bits per heavy atom. The molecule has 16 heavy (non-hydrogen) atoms. The first-order chi connectivity index (χ1) is 7.62. The Kier molecular flexibility index (Phi) is 4.45. The molecule has 0 aliphatic heterocycles. The zero-order chi connectivity index (χ0) is 12.1. The fourth-order valence-corrected chi connectivity index (χ4v) is 1.44. The summed E-state index contributed by atoms with van der Waals surface area (Å²) < 4.78 is 10.8. The molecule has 0 saturated carbocycles. The number of benzene rings is 1. The maximum Gasteiger partial charge on any atom is 0.180 e. The fraction of sp³-hybridized carbons (Fsp3) is 0.417. The lowest BCUT2D eigenvalue weighted by atomic mass is 10.2. The number of rotatable bonds is 4. The Hall–Kier alpha value is -1.40. The number of ether oxygens (including phenoxy) is 2. The van der Waals surface area contributed by atoms with Crippen LogP contribution >= 0.6 is 11.6 Å². The molecule has 0 spiro atoms. The largest absolute Gasteiger partial charge is 0.493 e. The van der Waals surface area contributed by atoms with Crippen molar-refractivity contribution in [1.29, 1.82) is 5.26 Å². The van der Waals surface area contributed by atoms with Crippen molar-refractivity contribution in [2.75, 3.05) is 7.11 Å². The second kappa shape index (κ2) is 5.62. The zero-order valence-corrected chi connectivity index (χ0v) is 10.3. The Morgan fingerprint density at radius 3 is 2.69 bits per heavy atom. The van der Waals surface area contributed by atoms with Crippen LogP contribution < -0.4 is 9.47 Å². The van der Waals surface area contributed by atoms with Crippen LogP contribution in [0.1, 0.15) is 25.8 Å². The van der Waals surface area contributed by atoms with Crippen molar-refractivity contribution in [2.24, 2.45) is 0 Å². The van der Waals surface area contributed by atoms with E-state index < -0.39 is 0 Å². The Labute approximate surface area is 101 Å². The Morgan fingerprint density at radius 1 is 1.50 bits per heavy atom. The van der Waals surface area contributed by atoms with E-state index in [2.05, 4.69) is 0 Å². The SMILES string of the molecule is CCC(C)Oc1c(Cl)cc(C#N)cc1OC. The third-order valence-corrected chi connectivity index (χ3v) is 2.53. The summed E-state index contributed by atoms with van der Waals surface area (Å²) in [6.45, 7) is 3.97. The third-order valence-electron chi connectivity index (χ3n) is 2.25. The van der Waals surface area contributed by atoms with Gasteiger partial charge in [-0.2, -0.15) is 5.26 Å². The Balaban J connectivity index is 3.12. The predicted molar refractivity (Wildman–Crippen MR) is 63.1 cm³/mol. The summed E-state index contributed by atoms with van der Waals surface area (Å²) in [7, 11) is 1.52. The average molecular weight is 240 g/mol. The van der Waals surface area contributed by atoms with Gasteiger partial charge < -0.3 is 9.47 Å². The number of nitrogens with zero attached hydrogens (tertiary/aromatic N) is 1. The van der Waals surface area contributed by atoms with Crippen molar-refractivity contribution < 1.29 is 9.47 Å². The number of nitriles is 1. The first-order valence-corrected chi connectivity index (χ1v) is 5.44. The smallest absolute Gasteiger partial charge is 0.180 e. The van der Waals surface area contributed by atoms with Crippen LogP contribution in [0.3, 0.4) is 0 Å². The molecule has 1 aromatic carbocycles. The van der Waals surface area contributed by atoms with Crippen LogP contribution in [0, 0.1) is 11.3 Å². The molecule has 0 N–H and O–H groups in total. The van der Waals surface area contributed by atoms with E-state index in [4.69, 9.17) is 26.3 Å². The lowest BCUT2D eigenvalue weighted by molar-refractivity contribution is 0.208. The van der Waals surface area contributed by atoms with Gasteiger partial charge in [-0.1, -0.05) is 18.5 Å². The second-order valence-corrected chi connectivity index (χ2v) is 3.85. The van der Waals surface area contributed by atoms with Crippen LogP contribution in [-0.4, -0.2) is 13.2 Å². The molecule has 1 aromatic rings. The molecule has 0 amide bonds. The average Bonchev–Trinajstić information content (AvgIpc) is 2.30. The van der Waals surface area contributed by atoms with E-state index in [-0.39, 0.29) is 6.10 Å². The lowest BCUT2D eigenvalue weighted by Gasteiger charge is -2.16. The van der Waals surface area contributed by atoms with Crippen molar-refractivity contribution >= 4 is 11.6 Å². The minimum absolute atomic E-state index is 0.0549. The second-order valence-electron chi connectivity index (χ2n) is 3.44. The van der Waals surface area contributed by atoms with Gasteiger partial charge >= 0.3 is 0 Å². The summed E-state index contributed by atoms with van der Waals surface area (Å²) >= 11 is 6.04. The molecule has 0 aliphatic rings. The van der Waals surface area contributed by atoms with Gasteiger partial charge in [0.1, 0.15) is 0 Å². The first-order valence-electron chi connectivity index (χ1n) is 5.06.